The SMILES string of the molecule is COCCOC12CCC#CCCC1C2. The van der Waals surface area contributed by atoms with E-state index in [2.05, 4.69) is 11.8 Å². The van der Waals surface area contributed by atoms with Crippen molar-refractivity contribution in [2.24, 2.45) is 5.92 Å². The molecule has 1 fully saturated rings. The first-order valence-corrected chi connectivity index (χ1v) is 5.46. The zero-order valence-electron chi connectivity index (χ0n) is 8.84. The van der Waals surface area contributed by atoms with Crippen molar-refractivity contribution in [2.75, 3.05) is 20.3 Å². The molecule has 0 radical (unpaired) electrons. The van der Waals surface area contributed by atoms with Gasteiger partial charge in [0.05, 0.1) is 18.8 Å². The number of rotatable bonds is 4. The molecule has 0 aliphatic heterocycles. The summed E-state index contributed by atoms with van der Waals surface area (Å²) in [6.07, 6.45) is 5.64. The minimum absolute atomic E-state index is 0.188. The van der Waals surface area contributed by atoms with Crippen molar-refractivity contribution in [1.29, 1.82) is 0 Å². The average Bonchev–Trinajstić information content (AvgIpc) is 2.80. The molecule has 2 rings (SSSR count). The lowest BCUT2D eigenvalue weighted by Crippen LogP contribution is -2.20. The lowest BCUT2D eigenvalue weighted by Gasteiger charge is -2.18. The van der Waals surface area contributed by atoms with E-state index < -0.39 is 0 Å². The van der Waals surface area contributed by atoms with E-state index in [4.69, 9.17) is 9.47 Å². The van der Waals surface area contributed by atoms with Gasteiger partial charge in [0.1, 0.15) is 0 Å². The summed E-state index contributed by atoms with van der Waals surface area (Å²) in [5, 5.41) is 0. The molecule has 0 N–H and O–H groups in total. The first kappa shape index (κ1) is 10.0. The quantitative estimate of drug-likeness (QED) is 0.503. The summed E-state index contributed by atoms with van der Waals surface area (Å²) in [4.78, 5) is 0. The first-order chi connectivity index (χ1) is 6.87. The lowest BCUT2D eigenvalue weighted by molar-refractivity contribution is -0.0128. The van der Waals surface area contributed by atoms with Gasteiger partial charge in [-0.05, 0) is 25.2 Å². The molecule has 0 aromatic carbocycles. The molecule has 0 heterocycles. The van der Waals surface area contributed by atoms with E-state index >= 15 is 0 Å². The maximum absolute atomic E-state index is 5.93. The van der Waals surface area contributed by atoms with Crippen LogP contribution in [0.1, 0.15) is 32.1 Å². The van der Waals surface area contributed by atoms with Gasteiger partial charge in [-0.1, -0.05) is 0 Å². The zero-order valence-corrected chi connectivity index (χ0v) is 8.84. The highest BCUT2D eigenvalue weighted by Crippen LogP contribution is 2.53. The van der Waals surface area contributed by atoms with E-state index in [-0.39, 0.29) is 5.60 Å². The standard InChI is InChI=1S/C12H18O2/c1-13-8-9-14-12-7-5-3-2-4-6-11(12)10-12/h11H,4-10H2,1H3. The van der Waals surface area contributed by atoms with Gasteiger partial charge in [0.25, 0.3) is 0 Å². The maximum atomic E-state index is 5.93. The lowest BCUT2D eigenvalue weighted by atomic mass is 10.0. The molecule has 2 unspecified atom stereocenters. The van der Waals surface area contributed by atoms with Gasteiger partial charge < -0.3 is 9.47 Å². The van der Waals surface area contributed by atoms with Crippen molar-refractivity contribution in [3.63, 3.8) is 0 Å². The second-order valence-electron chi connectivity index (χ2n) is 4.20. The smallest absolute Gasteiger partial charge is 0.0725 e. The largest absolute Gasteiger partial charge is 0.382 e. The highest BCUT2D eigenvalue weighted by Gasteiger charge is 2.54. The molecule has 78 valence electrons. The van der Waals surface area contributed by atoms with Crippen LogP contribution >= 0.6 is 0 Å². The Bertz CT molecular complexity index is 251. The van der Waals surface area contributed by atoms with Crippen molar-refractivity contribution >= 4 is 0 Å². The fourth-order valence-electron chi connectivity index (χ4n) is 2.30. The van der Waals surface area contributed by atoms with E-state index in [1.165, 1.54) is 12.8 Å². The molecular formula is C12H18O2. The summed E-state index contributed by atoms with van der Waals surface area (Å²) < 4.78 is 10.9. The van der Waals surface area contributed by atoms with Gasteiger partial charge in [-0.2, -0.15) is 0 Å². The molecule has 2 aliphatic rings. The Morgan fingerprint density at radius 3 is 3.00 bits per heavy atom. The van der Waals surface area contributed by atoms with Crippen LogP contribution in [0.5, 0.6) is 0 Å². The minimum Gasteiger partial charge on any atom is -0.382 e. The molecule has 1 saturated carbocycles. The van der Waals surface area contributed by atoms with Crippen LogP contribution in [0.2, 0.25) is 0 Å². The normalized spacial score (nSPS) is 34.8. The van der Waals surface area contributed by atoms with Crippen LogP contribution in [0.3, 0.4) is 0 Å². The third-order valence-electron chi connectivity index (χ3n) is 3.27. The highest BCUT2D eigenvalue weighted by atomic mass is 16.5. The van der Waals surface area contributed by atoms with Crippen LogP contribution in [-0.4, -0.2) is 25.9 Å². The minimum atomic E-state index is 0.188. The molecule has 0 spiro atoms. The van der Waals surface area contributed by atoms with Gasteiger partial charge in [-0.3, -0.25) is 0 Å². The van der Waals surface area contributed by atoms with Crippen LogP contribution in [-0.2, 0) is 9.47 Å². The van der Waals surface area contributed by atoms with Crippen molar-refractivity contribution in [3.05, 3.63) is 0 Å². The van der Waals surface area contributed by atoms with Gasteiger partial charge in [-0.25, -0.2) is 0 Å². The highest BCUT2D eigenvalue weighted by molar-refractivity contribution is 5.12. The molecule has 2 atom stereocenters. The average molecular weight is 194 g/mol. The predicted octanol–water partition coefficient (Wildman–Crippen LogP) is 1.99. The Balaban J connectivity index is 1.82. The number of hydrogen-bond donors (Lipinski definition) is 0. The Morgan fingerprint density at radius 1 is 1.29 bits per heavy atom. The van der Waals surface area contributed by atoms with Crippen molar-refractivity contribution < 1.29 is 9.47 Å². The van der Waals surface area contributed by atoms with Gasteiger partial charge in [0, 0.05) is 20.0 Å². The Kier molecular flexibility index (Phi) is 3.10. The molecule has 2 nitrogen and oxygen atoms in total. The van der Waals surface area contributed by atoms with Gasteiger partial charge in [0.2, 0.25) is 0 Å². The van der Waals surface area contributed by atoms with Crippen LogP contribution in [0.4, 0.5) is 0 Å². The van der Waals surface area contributed by atoms with E-state index in [1.807, 2.05) is 0 Å². The summed E-state index contributed by atoms with van der Waals surface area (Å²) in [6.45, 7) is 1.45. The molecular weight excluding hydrogens is 176 g/mol. The molecule has 0 aromatic heterocycles. The second kappa shape index (κ2) is 4.33. The molecule has 0 amide bonds. The molecule has 2 aliphatic carbocycles. The molecule has 0 aromatic rings. The fourth-order valence-corrected chi connectivity index (χ4v) is 2.30. The summed E-state index contributed by atoms with van der Waals surface area (Å²) >= 11 is 0. The topological polar surface area (TPSA) is 18.5 Å². The van der Waals surface area contributed by atoms with Crippen molar-refractivity contribution in [3.8, 4) is 11.8 Å². The van der Waals surface area contributed by atoms with Crippen LogP contribution in [0, 0.1) is 17.8 Å². The van der Waals surface area contributed by atoms with E-state index in [9.17, 15) is 0 Å². The van der Waals surface area contributed by atoms with Crippen LogP contribution in [0.25, 0.3) is 0 Å². The van der Waals surface area contributed by atoms with Gasteiger partial charge in [-0.15, -0.1) is 11.8 Å². The number of ether oxygens (including phenoxy) is 2. The number of methoxy groups -OCH3 is 1. The van der Waals surface area contributed by atoms with Crippen molar-refractivity contribution in [2.45, 2.75) is 37.7 Å². The molecule has 0 saturated heterocycles. The molecule has 2 heteroatoms. The number of fused-ring (bicyclic) bond motifs is 1. The fraction of sp³-hybridized carbons (Fsp3) is 0.833. The van der Waals surface area contributed by atoms with E-state index in [1.54, 1.807) is 7.11 Å². The van der Waals surface area contributed by atoms with Crippen LogP contribution in [0.15, 0.2) is 0 Å². The first-order valence-electron chi connectivity index (χ1n) is 5.46. The number of hydrogen-bond acceptors (Lipinski definition) is 2. The Labute approximate surface area is 86.0 Å². The summed E-state index contributed by atoms with van der Waals surface area (Å²) in [7, 11) is 1.72. The molecule has 0 bridgehead atoms. The Hall–Kier alpha value is -0.520. The molecule has 14 heavy (non-hydrogen) atoms. The monoisotopic (exact) mass is 194 g/mol. The van der Waals surface area contributed by atoms with Gasteiger partial charge in [0.15, 0.2) is 0 Å². The summed E-state index contributed by atoms with van der Waals surface area (Å²) in [5.41, 5.74) is 0.188. The second-order valence-corrected chi connectivity index (χ2v) is 4.20. The maximum Gasteiger partial charge on any atom is 0.0725 e. The zero-order chi connectivity index (χ0) is 9.86. The van der Waals surface area contributed by atoms with Gasteiger partial charge >= 0.3 is 0 Å². The van der Waals surface area contributed by atoms with E-state index in [0.717, 1.165) is 31.8 Å². The summed E-state index contributed by atoms with van der Waals surface area (Å²) in [6, 6.07) is 0. The van der Waals surface area contributed by atoms with E-state index in [0.29, 0.717) is 6.61 Å². The third-order valence-corrected chi connectivity index (χ3v) is 3.27. The van der Waals surface area contributed by atoms with Crippen LogP contribution < -0.4 is 0 Å². The predicted molar refractivity (Wildman–Crippen MR) is 54.9 cm³/mol. The summed E-state index contributed by atoms with van der Waals surface area (Å²) in [5.74, 6) is 7.17. The third kappa shape index (κ3) is 2.10. The van der Waals surface area contributed by atoms with Crippen molar-refractivity contribution in [1.82, 2.24) is 0 Å². The Morgan fingerprint density at radius 2 is 2.14 bits per heavy atom.